The highest BCUT2D eigenvalue weighted by Crippen LogP contribution is 2.24. The molecule has 0 fully saturated rings. The van der Waals surface area contributed by atoms with Gasteiger partial charge in [0, 0.05) is 16.0 Å². The van der Waals surface area contributed by atoms with Gasteiger partial charge in [0.1, 0.15) is 5.82 Å². The van der Waals surface area contributed by atoms with Crippen LogP contribution in [-0.4, -0.2) is 16.1 Å². The number of nitrogens with one attached hydrogen (secondary N) is 1. The molecule has 18 heavy (non-hydrogen) atoms. The van der Waals surface area contributed by atoms with Crippen LogP contribution >= 0.6 is 22.9 Å². The van der Waals surface area contributed by atoms with E-state index in [0.29, 0.717) is 12.4 Å². The number of aromatic carboxylic acids is 1. The first-order valence-corrected chi connectivity index (χ1v) is 6.44. The van der Waals surface area contributed by atoms with Crippen molar-refractivity contribution in [2.45, 2.75) is 13.5 Å². The number of thiophene rings is 1. The summed E-state index contributed by atoms with van der Waals surface area (Å²) in [5.41, 5.74) is 0.0523. The van der Waals surface area contributed by atoms with E-state index in [0.717, 1.165) is 4.88 Å². The Morgan fingerprint density at radius 1 is 1.50 bits per heavy atom. The van der Waals surface area contributed by atoms with Gasteiger partial charge in [-0.1, -0.05) is 11.6 Å². The maximum Gasteiger partial charge on any atom is 0.337 e. The number of rotatable bonds is 4. The molecular weight excluding hydrogens is 272 g/mol. The van der Waals surface area contributed by atoms with E-state index in [1.165, 1.54) is 17.1 Å². The third kappa shape index (κ3) is 2.80. The number of carboxylic acid groups (broad SMARTS) is 1. The smallest absolute Gasteiger partial charge is 0.337 e. The van der Waals surface area contributed by atoms with Gasteiger partial charge < -0.3 is 10.4 Å². The number of aryl methyl sites for hydroxylation is 1. The quantitative estimate of drug-likeness (QED) is 0.902. The van der Waals surface area contributed by atoms with Crippen LogP contribution < -0.4 is 5.32 Å². The zero-order valence-corrected chi connectivity index (χ0v) is 11.2. The van der Waals surface area contributed by atoms with Gasteiger partial charge in [-0.15, -0.1) is 11.3 Å². The molecular formula is C12H11ClN2O2S. The van der Waals surface area contributed by atoms with Crippen LogP contribution in [-0.2, 0) is 6.54 Å². The number of nitrogens with zero attached hydrogens (tertiary/aromatic N) is 1. The SMILES string of the molecule is Cc1ccc(CNc2nccc(C(=O)O)c2Cl)s1. The van der Waals surface area contributed by atoms with Crippen LogP contribution in [0.4, 0.5) is 5.82 Å². The van der Waals surface area contributed by atoms with Gasteiger partial charge in [0.05, 0.1) is 17.1 Å². The summed E-state index contributed by atoms with van der Waals surface area (Å²) in [6.45, 7) is 2.61. The molecule has 2 rings (SSSR count). The summed E-state index contributed by atoms with van der Waals surface area (Å²) in [6.07, 6.45) is 1.43. The fourth-order valence-corrected chi connectivity index (χ4v) is 2.57. The molecule has 94 valence electrons. The molecule has 0 saturated heterocycles. The van der Waals surface area contributed by atoms with Gasteiger partial charge in [-0.05, 0) is 25.1 Å². The second-order valence-corrected chi connectivity index (χ2v) is 5.44. The summed E-state index contributed by atoms with van der Waals surface area (Å²) in [4.78, 5) is 17.3. The van der Waals surface area contributed by atoms with Crippen molar-refractivity contribution in [1.82, 2.24) is 4.98 Å². The molecule has 2 aromatic heterocycles. The molecule has 0 aromatic carbocycles. The molecule has 2 aromatic rings. The van der Waals surface area contributed by atoms with E-state index in [9.17, 15) is 4.79 Å². The van der Waals surface area contributed by atoms with Crippen molar-refractivity contribution in [3.05, 3.63) is 44.7 Å². The fraction of sp³-hybridized carbons (Fsp3) is 0.167. The van der Waals surface area contributed by atoms with Gasteiger partial charge in [0.15, 0.2) is 0 Å². The van der Waals surface area contributed by atoms with E-state index in [1.54, 1.807) is 11.3 Å². The molecule has 0 aliphatic rings. The molecule has 6 heteroatoms. The number of anilines is 1. The number of pyridine rings is 1. The Bertz CT molecular complexity index is 583. The molecule has 0 spiro atoms. The molecule has 2 N–H and O–H groups in total. The first-order valence-electron chi connectivity index (χ1n) is 5.25. The second-order valence-electron chi connectivity index (χ2n) is 3.69. The Hall–Kier alpha value is -1.59. The van der Waals surface area contributed by atoms with Gasteiger partial charge in [-0.3, -0.25) is 0 Å². The first-order chi connectivity index (χ1) is 8.58. The topological polar surface area (TPSA) is 62.2 Å². The molecule has 0 unspecified atom stereocenters. The van der Waals surface area contributed by atoms with Crippen LogP contribution in [0.3, 0.4) is 0 Å². The van der Waals surface area contributed by atoms with E-state index in [1.807, 2.05) is 19.1 Å². The van der Waals surface area contributed by atoms with Crippen molar-refractivity contribution in [1.29, 1.82) is 0 Å². The van der Waals surface area contributed by atoms with E-state index in [4.69, 9.17) is 16.7 Å². The van der Waals surface area contributed by atoms with Crippen molar-refractivity contribution < 1.29 is 9.90 Å². The maximum atomic E-state index is 10.9. The standard InChI is InChI=1S/C12H11ClN2O2S/c1-7-2-3-8(18-7)6-15-11-10(13)9(12(16)17)4-5-14-11/h2-5H,6H2,1H3,(H,14,15)(H,16,17). The average Bonchev–Trinajstić information content (AvgIpc) is 2.73. The third-order valence-electron chi connectivity index (χ3n) is 2.35. The van der Waals surface area contributed by atoms with Crippen molar-refractivity contribution >= 4 is 34.7 Å². The summed E-state index contributed by atoms with van der Waals surface area (Å²) in [5.74, 6) is -0.667. The molecule has 0 saturated carbocycles. The first kappa shape index (κ1) is 12.9. The summed E-state index contributed by atoms with van der Waals surface area (Å²) < 4.78 is 0. The summed E-state index contributed by atoms with van der Waals surface area (Å²) in [6, 6.07) is 5.43. The Kier molecular flexibility index (Phi) is 3.84. The minimum Gasteiger partial charge on any atom is -0.478 e. The van der Waals surface area contributed by atoms with Crippen LogP contribution in [0.5, 0.6) is 0 Å². The van der Waals surface area contributed by atoms with Crippen LogP contribution in [0.2, 0.25) is 5.02 Å². The molecule has 0 bridgehead atoms. The summed E-state index contributed by atoms with van der Waals surface area (Å²) in [5, 5.41) is 12.1. The zero-order chi connectivity index (χ0) is 13.1. The van der Waals surface area contributed by atoms with Gasteiger partial charge in [0.25, 0.3) is 0 Å². The highest BCUT2D eigenvalue weighted by molar-refractivity contribution is 7.11. The van der Waals surface area contributed by atoms with Crippen molar-refractivity contribution in [2.75, 3.05) is 5.32 Å². The van der Waals surface area contributed by atoms with Gasteiger partial charge in [-0.25, -0.2) is 9.78 Å². The number of hydrogen-bond donors (Lipinski definition) is 2. The second kappa shape index (κ2) is 5.37. The number of aromatic nitrogens is 1. The minimum atomic E-state index is -1.06. The predicted molar refractivity (Wildman–Crippen MR) is 72.6 cm³/mol. The molecule has 2 heterocycles. The number of carbonyl (C=O) groups is 1. The lowest BCUT2D eigenvalue weighted by molar-refractivity contribution is 0.0697. The Labute approximate surface area is 113 Å². The minimum absolute atomic E-state index is 0.0523. The van der Waals surface area contributed by atoms with Gasteiger partial charge in [0.2, 0.25) is 0 Å². The molecule has 0 radical (unpaired) electrons. The average molecular weight is 283 g/mol. The molecule has 0 atom stereocenters. The van der Waals surface area contributed by atoms with Crippen LogP contribution in [0.25, 0.3) is 0 Å². The van der Waals surface area contributed by atoms with Crippen molar-refractivity contribution in [3.63, 3.8) is 0 Å². The number of hydrogen-bond acceptors (Lipinski definition) is 4. The molecule has 0 amide bonds. The van der Waals surface area contributed by atoms with E-state index >= 15 is 0 Å². The fourth-order valence-electron chi connectivity index (χ4n) is 1.48. The van der Waals surface area contributed by atoms with Crippen molar-refractivity contribution in [2.24, 2.45) is 0 Å². The van der Waals surface area contributed by atoms with Gasteiger partial charge in [-0.2, -0.15) is 0 Å². The normalized spacial score (nSPS) is 10.3. The van der Waals surface area contributed by atoms with Gasteiger partial charge >= 0.3 is 5.97 Å². The summed E-state index contributed by atoms with van der Waals surface area (Å²) in [7, 11) is 0. The lowest BCUT2D eigenvalue weighted by Gasteiger charge is -2.07. The van der Waals surface area contributed by atoms with E-state index in [-0.39, 0.29) is 10.6 Å². The van der Waals surface area contributed by atoms with Crippen LogP contribution in [0.15, 0.2) is 24.4 Å². The Morgan fingerprint density at radius 3 is 2.89 bits per heavy atom. The lowest BCUT2D eigenvalue weighted by Crippen LogP contribution is -2.04. The highest BCUT2D eigenvalue weighted by Gasteiger charge is 2.13. The maximum absolute atomic E-state index is 10.9. The van der Waals surface area contributed by atoms with E-state index in [2.05, 4.69) is 10.3 Å². The number of halogens is 1. The number of carboxylic acids is 1. The lowest BCUT2D eigenvalue weighted by atomic mass is 10.2. The Morgan fingerprint density at radius 2 is 2.28 bits per heavy atom. The monoisotopic (exact) mass is 282 g/mol. The molecule has 0 aliphatic carbocycles. The predicted octanol–water partition coefficient (Wildman–Crippen LogP) is 3.42. The highest BCUT2D eigenvalue weighted by atomic mass is 35.5. The van der Waals surface area contributed by atoms with E-state index < -0.39 is 5.97 Å². The zero-order valence-electron chi connectivity index (χ0n) is 9.61. The molecule has 4 nitrogen and oxygen atoms in total. The van der Waals surface area contributed by atoms with Crippen LogP contribution in [0, 0.1) is 6.92 Å². The third-order valence-corrected chi connectivity index (χ3v) is 3.73. The summed E-state index contributed by atoms with van der Waals surface area (Å²) >= 11 is 7.65. The van der Waals surface area contributed by atoms with Crippen molar-refractivity contribution in [3.8, 4) is 0 Å². The van der Waals surface area contributed by atoms with Crippen LogP contribution in [0.1, 0.15) is 20.1 Å². The largest absolute Gasteiger partial charge is 0.478 e. The molecule has 0 aliphatic heterocycles. The Balaban J connectivity index is 2.14.